The van der Waals surface area contributed by atoms with E-state index < -0.39 is 0 Å². The highest BCUT2D eigenvalue weighted by molar-refractivity contribution is 7.17. The van der Waals surface area contributed by atoms with Gasteiger partial charge in [0.05, 0.1) is 29.3 Å². The third-order valence-corrected chi connectivity index (χ3v) is 4.30. The zero-order valence-corrected chi connectivity index (χ0v) is 11.3. The third kappa shape index (κ3) is 1.91. The molecule has 0 saturated carbocycles. The summed E-state index contributed by atoms with van der Waals surface area (Å²) in [7, 11) is 0. The summed E-state index contributed by atoms with van der Waals surface area (Å²) in [6.07, 6.45) is 1.76. The monoisotopic (exact) mass is 288 g/mol. The van der Waals surface area contributed by atoms with E-state index >= 15 is 0 Å². The SMILES string of the molecule is NC1COCC1c1nc(-c2cnc3ccsc3c2)no1. The van der Waals surface area contributed by atoms with Gasteiger partial charge in [0.2, 0.25) is 11.7 Å². The van der Waals surface area contributed by atoms with Gasteiger partial charge in [-0.2, -0.15) is 4.98 Å². The minimum Gasteiger partial charge on any atom is -0.379 e. The molecule has 1 saturated heterocycles. The largest absolute Gasteiger partial charge is 0.379 e. The molecule has 3 aromatic rings. The molecule has 0 spiro atoms. The lowest BCUT2D eigenvalue weighted by Crippen LogP contribution is -2.26. The van der Waals surface area contributed by atoms with Crippen LogP contribution in [0.3, 0.4) is 0 Å². The highest BCUT2D eigenvalue weighted by atomic mass is 32.1. The number of ether oxygens (including phenoxy) is 1. The Bertz CT molecular complexity index is 754. The predicted molar refractivity (Wildman–Crippen MR) is 74.4 cm³/mol. The number of hydrogen-bond donors (Lipinski definition) is 1. The molecule has 2 unspecified atom stereocenters. The zero-order chi connectivity index (χ0) is 13.5. The number of nitrogens with zero attached hydrogens (tertiary/aromatic N) is 3. The summed E-state index contributed by atoms with van der Waals surface area (Å²) in [4.78, 5) is 8.81. The van der Waals surface area contributed by atoms with Gasteiger partial charge in [-0.15, -0.1) is 11.3 Å². The van der Waals surface area contributed by atoms with Crippen molar-refractivity contribution in [3.63, 3.8) is 0 Å². The molecule has 2 atom stereocenters. The number of hydrogen-bond acceptors (Lipinski definition) is 7. The second-order valence-corrected chi connectivity index (χ2v) is 5.74. The lowest BCUT2D eigenvalue weighted by atomic mass is 10.1. The van der Waals surface area contributed by atoms with Gasteiger partial charge >= 0.3 is 0 Å². The normalized spacial score (nSPS) is 22.6. The average Bonchev–Trinajstić information content (AvgIpc) is 3.17. The van der Waals surface area contributed by atoms with Crippen molar-refractivity contribution in [2.45, 2.75) is 12.0 Å². The fraction of sp³-hybridized carbons (Fsp3) is 0.308. The predicted octanol–water partition coefficient (Wildman–Crippen LogP) is 1.79. The Hall–Kier alpha value is -1.83. The number of fused-ring (bicyclic) bond motifs is 1. The minimum atomic E-state index is -0.0822. The maximum absolute atomic E-state index is 5.96. The van der Waals surface area contributed by atoms with Crippen molar-refractivity contribution < 1.29 is 9.26 Å². The van der Waals surface area contributed by atoms with E-state index in [2.05, 4.69) is 15.1 Å². The van der Waals surface area contributed by atoms with Crippen LogP contribution in [0.2, 0.25) is 0 Å². The van der Waals surface area contributed by atoms with Gasteiger partial charge in [0, 0.05) is 17.8 Å². The molecule has 1 fully saturated rings. The maximum Gasteiger partial charge on any atom is 0.234 e. The molecule has 6 nitrogen and oxygen atoms in total. The minimum absolute atomic E-state index is 0.0188. The van der Waals surface area contributed by atoms with E-state index in [0.717, 1.165) is 15.8 Å². The van der Waals surface area contributed by atoms with Crippen molar-refractivity contribution in [2.24, 2.45) is 5.73 Å². The number of rotatable bonds is 2. The Balaban J connectivity index is 1.70. The molecule has 0 radical (unpaired) electrons. The molecule has 2 N–H and O–H groups in total. The van der Waals surface area contributed by atoms with Crippen LogP contribution in [0.4, 0.5) is 0 Å². The van der Waals surface area contributed by atoms with Gasteiger partial charge in [-0.25, -0.2) is 0 Å². The van der Waals surface area contributed by atoms with Crippen LogP contribution in [-0.2, 0) is 4.74 Å². The molecule has 1 aliphatic rings. The van der Waals surface area contributed by atoms with E-state index in [1.54, 1.807) is 17.5 Å². The standard InChI is InChI=1S/C13H12N4O2S/c14-9-6-18-5-8(9)13-16-12(17-19-13)7-3-11-10(15-4-7)1-2-20-11/h1-4,8-9H,5-6,14H2. The van der Waals surface area contributed by atoms with E-state index in [1.165, 1.54) is 0 Å². The van der Waals surface area contributed by atoms with Gasteiger partial charge in [0.1, 0.15) is 0 Å². The van der Waals surface area contributed by atoms with E-state index in [4.69, 9.17) is 15.0 Å². The van der Waals surface area contributed by atoms with Crippen molar-refractivity contribution in [3.8, 4) is 11.4 Å². The first-order valence-electron chi connectivity index (χ1n) is 6.32. The molecule has 4 heterocycles. The molecule has 3 aromatic heterocycles. The van der Waals surface area contributed by atoms with E-state index in [-0.39, 0.29) is 12.0 Å². The Kier molecular flexibility index (Phi) is 2.76. The maximum atomic E-state index is 5.96. The lowest BCUT2D eigenvalue weighted by molar-refractivity contribution is 0.187. The number of nitrogens with two attached hydrogens (primary N) is 1. The first kappa shape index (κ1) is 12.0. The molecule has 0 aliphatic carbocycles. The van der Waals surface area contributed by atoms with Gasteiger partial charge in [-0.1, -0.05) is 5.16 Å². The Morgan fingerprint density at radius 3 is 3.15 bits per heavy atom. The summed E-state index contributed by atoms with van der Waals surface area (Å²) < 4.78 is 11.8. The van der Waals surface area contributed by atoms with Crippen LogP contribution in [0, 0.1) is 0 Å². The fourth-order valence-electron chi connectivity index (χ4n) is 2.30. The topological polar surface area (TPSA) is 87.1 Å². The summed E-state index contributed by atoms with van der Waals surface area (Å²) in [5, 5.41) is 6.04. The highest BCUT2D eigenvalue weighted by Gasteiger charge is 2.31. The number of pyridine rings is 1. The summed E-state index contributed by atoms with van der Waals surface area (Å²) in [5.74, 6) is 1.06. The summed E-state index contributed by atoms with van der Waals surface area (Å²) >= 11 is 1.64. The molecule has 0 bridgehead atoms. The van der Waals surface area contributed by atoms with Crippen LogP contribution in [0.25, 0.3) is 21.6 Å². The van der Waals surface area contributed by atoms with Crippen LogP contribution >= 0.6 is 11.3 Å². The van der Waals surface area contributed by atoms with E-state index in [1.807, 2.05) is 17.5 Å². The summed E-state index contributed by atoms with van der Waals surface area (Å²) in [6.45, 7) is 1.07. The van der Waals surface area contributed by atoms with E-state index in [9.17, 15) is 0 Å². The molecule has 102 valence electrons. The third-order valence-electron chi connectivity index (χ3n) is 3.44. The molecule has 7 heteroatoms. The first-order valence-corrected chi connectivity index (χ1v) is 7.20. The van der Waals surface area contributed by atoms with Gasteiger partial charge < -0.3 is 15.0 Å². The average molecular weight is 288 g/mol. The summed E-state index contributed by atoms with van der Waals surface area (Å²) in [5.41, 5.74) is 7.79. The molecular weight excluding hydrogens is 276 g/mol. The first-order chi connectivity index (χ1) is 9.81. The van der Waals surface area contributed by atoms with Gasteiger partial charge in [-0.05, 0) is 17.5 Å². The van der Waals surface area contributed by atoms with Crippen LogP contribution in [0.15, 0.2) is 28.2 Å². The van der Waals surface area contributed by atoms with Crippen molar-refractivity contribution in [2.75, 3.05) is 13.2 Å². The molecule has 0 aromatic carbocycles. The van der Waals surface area contributed by atoms with Crippen LogP contribution in [0.5, 0.6) is 0 Å². The summed E-state index contributed by atoms with van der Waals surface area (Å²) in [6, 6.07) is 3.92. The highest BCUT2D eigenvalue weighted by Crippen LogP contribution is 2.27. The second-order valence-electron chi connectivity index (χ2n) is 4.79. The molecule has 4 rings (SSSR count). The smallest absolute Gasteiger partial charge is 0.234 e. The van der Waals surface area contributed by atoms with Gasteiger partial charge in [-0.3, -0.25) is 4.98 Å². The van der Waals surface area contributed by atoms with Crippen LogP contribution in [-0.4, -0.2) is 34.4 Å². The van der Waals surface area contributed by atoms with Crippen molar-refractivity contribution >= 4 is 21.6 Å². The molecule has 1 aliphatic heterocycles. The fourth-order valence-corrected chi connectivity index (χ4v) is 3.08. The molecule has 20 heavy (non-hydrogen) atoms. The second kappa shape index (κ2) is 4.62. The van der Waals surface area contributed by atoms with Crippen molar-refractivity contribution in [3.05, 3.63) is 29.6 Å². The Morgan fingerprint density at radius 1 is 1.35 bits per heavy atom. The zero-order valence-electron chi connectivity index (χ0n) is 10.5. The quantitative estimate of drug-likeness (QED) is 0.773. The van der Waals surface area contributed by atoms with Crippen LogP contribution < -0.4 is 5.73 Å². The van der Waals surface area contributed by atoms with Gasteiger partial charge in [0.15, 0.2) is 0 Å². The van der Waals surface area contributed by atoms with Crippen molar-refractivity contribution in [1.29, 1.82) is 0 Å². The molecular formula is C13H12N4O2S. The lowest BCUT2D eigenvalue weighted by Gasteiger charge is -2.06. The van der Waals surface area contributed by atoms with Crippen LogP contribution in [0.1, 0.15) is 11.8 Å². The Morgan fingerprint density at radius 2 is 2.30 bits per heavy atom. The van der Waals surface area contributed by atoms with Crippen molar-refractivity contribution in [1.82, 2.24) is 15.1 Å². The van der Waals surface area contributed by atoms with E-state index in [0.29, 0.717) is 24.9 Å². The number of aromatic nitrogens is 3. The number of thiophene rings is 1. The molecule has 0 amide bonds. The van der Waals surface area contributed by atoms with Gasteiger partial charge in [0.25, 0.3) is 0 Å². The Labute approximate surface area is 118 Å².